The molecule has 0 saturated heterocycles. The number of nitrogens with one attached hydrogen (secondary N) is 1. The van der Waals surface area contributed by atoms with E-state index in [1.807, 2.05) is 0 Å². The number of aliphatic carboxylic acids is 1. The first-order valence-corrected chi connectivity index (χ1v) is 4.67. The summed E-state index contributed by atoms with van der Waals surface area (Å²) in [6.45, 7) is -0.301. The molecular formula is C9H13N3O4. The summed E-state index contributed by atoms with van der Waals surface area (Å²) in [4.78, 5) is 22.3. The second kappa shape index (κ2) is 5.26. The minimum atomic E-state index is -1.17. The highest BCUT2D eigenvalue weighted by Crippen LogP contribution is 1.99. The fourth-order valence-corrected chi connectivity index (χ4v) is 1.17. The van der Waals surface area contributed by atoms with Crippen LogP contribution in [0.15, 0.2) is 12.4 Å². The van der Waals surface area contributed by atoms with Crippen LogP contribution in [-0.4, -0.2) is 44.5 Å². The van der Waals surface area contributed by atoms with E-state index in [1.54, 1.807) is 7.05 Å². The van der Waals surface area contributed by atoms with Gasteiger partial charge in [-0.1, -0.05) is 0 Å². The van der Waals surface area contributed by atoms with E-state index in [1.165, 1.54) is 17.1 Å². The predicted molar refractivity (Wildman–Crippen MR) is 53.8 cm³/mol. The van der Waals surface area contributed by atoms with Crippen molar-refractivity contribution in [1.29, 1.82) is 0 Å². The van der Waals surface area contributed by atoms with Gasteiger partial charge in [0.1, 0.15) is 6.04 Å². The van der Waals surface area contributed by atoms with E-state index in [4.69, 9.17) is 10.2 Å². The smallest absolute Gasteiger partial charge is 0.326 e. The molecule has 0 radical (unpaired) electrons. The fourth-order valence-electron chi connectivity index (χ4n) is 1.17. The Morgan fingerprint density at radius 1 is 1.62 bits per heavy atom. The molecule has 0 bridgehead atoms. The maximum atomic E-state index is 11.5. The minimum absolute atomic E-state index is 0.0265. The number of carbonyl (C=O) groups is 2. The Bertz CT molecular complexity index is 388. The fraction of sp³-hybridized carbons (Fsp3) is 0.444. The minimum Gasteiger partial charge on any atom is -0.480 e. The summed E-state index contributed by atoms with van der Waals surface area (Å²) in [6, 6.07) is -1.09. The van der Waals surface area contributed by atoms with E-state index in [0.717, 1.165) is 0 Å². The van der Waals surface area contributed by atoms with Crippen LogP contribution in [0.4, 0.5) is 0 Å². The summed E-state index contributed by atoms with van der Waals surface area (Å²) in [5, 5.41) is 23.5. The number of hydrogen-bond acceptors (Lipinski definition) is 4. The van der Waals surface area contributed by atoms with E-state index in [2.05, 4.69) is 10.4 Å². The first-order valence-electron chi connectivity index (χ1n) is 4.67. The number of aryl methyl sites for hydroxylation is 1. The Kier molecular flexibility index (Phi) is 4.01. The summed E-state index contributed by atoms with van der Waals surface area (Å²) in [7, 11) is 1.65. The van der Waals surface area contributed by atoms with E-state index in [0.29, 0.717) is 0 Å². The predicted octanol–water partition coefficient (Wildman–Crippen LogP) is -1.01. The SMILES string of the molecule is Cn1cc(C(=O)NC(CCO)C(=O)O)cn1. The van der Waals surface area contributed by atoms with E-state index in [-0.39, 0.29) is 18.6 Å². The number of rotatable bonds is 5. The van der Waals surface area contributed by atoms with Gasteiger partial charge in [-0.15, -0.1) is 0 Å². The van der Waals surface area contributed by atoms with E-state index < -0.39 is 17.9 Å². The summed E-state index contributed by atoms with van der Waals surface area (Å²) in [6.07, 6.45) is 2.79. The lowest BCUT2D eigenvalue weighted by Crippen LogP contribution is -2.41. The van der Waals surface area contributed by atoms with Crippen molar-refractivity contribution in [3.63, 3.8) is 0 Å². The lowest BCUT2D eigenvalue weighted by atomic mass is 10.2. The Labute approximate surface area is 91.7 Å². The molecule has 1 aromatic heterocycles. The van der Waals surface area contributed by atoms with Gasteiger partial charge >= 0.3 is 5.97 Å². The molecule has 0 aliphatic rings. The molecular weight excluding hydrogens is 214 g/mol. The molecule has 7 heteroatoms. The molecule has 0 aliphatic carbocycles. The third kappa shape index (κ3) is 3.06. The van der Waals surface area contributed by atoms with Gasteiger partial charge in [0, 0.05) is 26.3 Å². The molecule has 16 heavy (non-hydrogen) atoms. The zero-order valence-corrected chi connectivity index (χ0v) is 8.75. The molecule has 0 aromatic carbocycles. The van der Waals surface area contributed by atoms with Crippen LogP contribution in [0.2, 0.25) is 0 Å². The lowest BCUT2D eigenvalue weighted by molar-refractivity contribution is -0.139. The van der Waals surface area contributed by atoms with Crippen LogP contribution in [0.1, 0.15) is 16.8 Å². The highest BCUT2D eigenvalue weighted by molar-refractivity contribution is 5.96. The van der Waals surface area contributed by atoms with Crippen LogP contribution in [0.5, 0.6) is 0 Å². The number of aliphatic hydroxyl groups excluding tert-OH is 1. The summed E-state index contributed by atoms with van der Waals surface area (Å²) in [5.74, 6) is -1.69. The first-order chi connectivity index (χ1) is 7.54. The molecule has 1 rings (SSSR count). The number of nitrogens with zero attached hydrogens (tertiary/aromatic N) is 2. The first kappa shape index (κ1) is 12.2. The number of hydrogen-bond donors (Lipinski definition) is 3. The average Bonchev–Trinajstić information content (AvgIpc) is 2.64. The van der Waals surface area contributed by atoms with Gasteiger partial charge in [-0.2, -0.15) is 5.10 Å². The van der Waals surface area contributed by atoms with Gasteiger partial charge in [-0.05, 0) is 0 Å². The van der Waals surface area contributed by atoms with Gasteiger partial charge in [0.25, 0.3) is 5.91 Å². The number of aromatic nitrogens is 2. The molecule has 1 atom stereocenters. The highest BCUT2D eigenvalue weighted by atomic mass is 16.4. The normalized spacial score (nSPS) is 12.1. The number of aliphatic hydroxyl groups is 1. The standard InChI is InChI=1S/C9H13N3O4/c1-12-5-6(4-10-12)8(14)11-7(2-3-13)9(15)16/h4-5,7,13H,2-3H2,1H3,(H,11,14)(H,15,16). The van der Waals surface area contributed by atoms with Crippen LogP contribution >= 0.6 is 0 Å². The Morgan fingerprint density at radius 2 is 2.31 bits per heavy atom. The Balaban J connectivity index is 2.65. The Hall–Kier alpha value is -1.89. The van der Waals surface area contributed by atoms with E-state index in [9.17, 15) is 9.59 Å². The van der Waals surface area contributed by atoms with Crippen molar-refractivity contribution in [2.24, 2.45) is 7.05 Å². The summed E-state index contributed by atoms with van der Waals surface area (Å²) in [5.41, 5.74) is 0.284. The molecule has 7 nitrogen and oxygen atoms in total. The quantitative estimate of drug-likeness (QED) is 0.597. The number of carboxylic acids is 1. The molecule has 1 heterocycles. The highest BCUT2D eigenvalue weighted by Gasteiger charge is 2.20. The Morgan fingerprint density at radius 3 is 2.75 bits per heavy atom. The summed E-state index contributed by atoms with van der Waals surface area (Å²) < 4.78 is 1.44. The molecule has 0 aliphatic heterocycles. The third-order valence-electron chi connectivity index (χ3n) is 1.99. The number of amides is 1. The van der Waals surface area contributed by atoms with Crippen LogP contribution in [-0.2, 0) is 11.8 Å². The molecule has 88 valence electrons. The maximum Gasteiger partial charge on any atom is 0.326 e. The van der Waals surface area contributed by atoms with Crippen molar-refractivity contribution in [2.75, 3.05) is 6.61 Å². The molecule has 0 fully saturated rings. The topological polar surface area (TPSA) is 104 Å². The van der Waals surface area contributed by atoms with Gasteiger partial charge in [0.2, 0.25) is 0 Å². The second-order valence-electron chi connectivity index (χ2n) is 3.28. The van der Waals surface area contributed by atoms with Gasteiger partial charge < -0.3 is 15.5 Å². The molecule has 0 saturated carbocycles. The van der Waals surface area contributed by atoms with Crippen LogP contribution in [0.25, 0.3) is 0 Å². The maximum absolute atomic E-state index is 11.5. The van der Waals surface area contributed by atoms with Gasteiger partial charge in [-0.3, -0.25) is 9.48 Å². The molecule has 1 aromatic rings. The van der Waals surface area contributed by atoms with Crippen molar-refractivity contribution >= 4 is 11.9 Å². The van der Waals surface area contributed by atoms with Gasteiger partial charge in [0.05, 0.1) is 11.8 Å². The van der Waals surface area contributed by atoms with Crippen LogP contribution in [0.3, 0.4) is 0 Å². The summed E-state index contributed by atoms with van der Waals surface area (Å²) >= 11 is 0. The molecule has 0 spiro atoms. The largest absolute Gasteiger partial charge is 0.480 e. The lowest BCUT2D eigenvalue weighted by Gasteiger charge is -2.11. The average molecular weight is 227 g/mol. The second-order valence-corrected chi connectivity index (χ2v) is 3.28. The van der Waals surface area contributed by atoms with Crippen molar-refractivity contribution in [3.8, 4) is 0 Å². The van der Waals surface area contributed by atoms with Crippen molar-refractivity contribution in [2.45, 2.75) is 12.5 Å². The molecule has 1 unspecified atom stereocenters. The molecule has 1 amide bonds. The van der Waals surface area contributed by atoms with Gasteiger partial charge in [0.15, 0.2) is 0 Å². The molecule has 3 N–H and O–H groups in total. The zero-order chi connectivity index (χ0) is 12.1. The monoisotopic (exact) mass is 227 g/mol. The number of carbonyl (C=O) groups excluding carboxylic acids is 1. The van der Waals surface area contributed by atoms with Crippen molar-refractivity contribution < 1.29 is 19.8 Å². The van der Waals surface area contributed by atoms with E-state index >= 15 is 0 Å². The third-order valence-corrected chi connectivity index (χ3v) is 1.99. The zero-order valence-electron chi connectivity index (χ0n) is 8.75. The van der Waals surface area contributed by atoms with Crippen LogP contribution in [0, 0.1) is 0 Å². The van der Waals surface area contributed by atoms with Crippen molar-refractivity contribution in [3.05, 3.63) is 18.0 Å². The van der Waals surface area contributed by atoms with Crippen molar-refractivity contribution in [1.82, 2.24) is 15.1 Å². The van der Waals surface area contributed by atoms with Crippen LogP contribution < -0.4 is 5.32 Å². The number of carboxylic acid groups (broad SMARTS) is 1. The van der Waals surface area contributed by atoms with Gasteiger partial charge in [-0.25, -0.2) is 4.79 Å².